The monoisotopic (exact) mass is 355 g/mol. The van der Waals surface area contributed by atoms with Gasteiger partial charge in [0.05, 0.1) is 13.7 Å². The van der Waals surface area contributed by atoms with Crippen LogP contribution in [-0.4, -0.2) is 48.1 Å². The zero-order valence-corrected chi connectivity index (χ0v) is 15.7. The van der Waals surface area contributed by atoms with Gasteiger partial charge >= 0.3 is 0 Å². The van der Waals surface area contributed by atoms with Crippen LogP contribution in [0, 0.1) is 5.41 Å². The van der Waals surface area contributed by atoms with Crippen LogP contribution in [0.25, 0.3) is 0 Å². The summed E-state index contributed by atoms with van der Waals surface area (Å²) in [5.41, 5.74) is 3.10. The van der Waals surface area contributed by atoms with E-state index in [1.807, 2.05) is 23.1 Å². The van der Waals surface area contributed by atoms with Gasteiger partial charge in [-0.15, -0.1) is 0 Å². The van der Waals surface area contributed by atoms with Gasteiger partial charge in [-0.25, -0.2) is 0 Å². The summed E-state index contributed by atoms with van der Waals surface area (Å²) >= 11 is 0. The molecule has 0 radical (unpaired) electrons. The van der Waals surface area contributed by atoms with Crippen molar-refractivity contribution in [1.29, 1.82) is 0 Å². The summed E-state index contributed by atoms with van der Waals surface area (Å²) in [6, 6.07) is 8.53. The molecule has 5 heteroatoms. The van der Waals surface area contributed by atoms with Crippen molar-refractivity contribution < 1.29 is 9.47 Å². The highest BCUT2D eigenvalue weighted by Gasteiger charge is 2.35. The molecule has 1 aromatic heterocycles. The third-order valence-electron chi connectivity index (χ3n) is 6.11. The normalized spacial score (nSPS) is 20.3. The van der Waals surface area contributed by atoms with Crippen molar-refractivity contribution in [3.8, 4) is 5.75 Å². The van der Waals surface area contributed by atoms with Crippen LogP contribution in [0.5, 0.6) is 5.75 Å². The standard InChI is InChI=1S/C21H29N3O2/c1-25-20-4-3-18(15-19(20)17-24-10-2-9-22-24)16-23-11-5-21(6-12-23)7-13-26-14-8-21/h2-4,9-10,15H,5-8,11-14,16-17H2,1H3. The van der Waals surface area contributed by atoms with E-state index in [2.05, 4.69) is 28.2 Å². The second-order valence-corrected chi connectivity index (χ2v) is 7.74. The smallest absolute Gasteiger partial charge is 0.123 e. The van der Waals surface area contributed by atoms with Crippen molar-refractivity contribution >= 4 is 0 Å². The highest BCUT2D eigenvalue weighted by atomic mass is 16.5. The number of hydrogen-bond donors (Lipinski definition) is 0. The first-order chi connectivity index (χ1) is 12.8. The zero-order chi connectivity index (χ0) is 17.8. The zero-order valence-electron chi connectivity index (χ0n) is 15.7. The molecule has 0 N–H and O–H groups in total. The fourth-order valence-corrected chi connectivity index (χ4v) is 4.37. The van der Waals surface area contributed by atoms with Gasteiger partial charge in [-0.05, 0) is 68.0 Å². The lowest BCUT2D eigenvalue weighted by molar-refractivity contribution is -0.0218. The number of nitrogens with zero attached hydrogens (tertiary/aromatic N) is 3. The molecule has 4 rings (SSSR count). The largest absolute Gasteiger partial charge is 0.496 e. The molecule has 2 saturated heterocycles. The molecule has 1 aromatic carbocycles. The van der Waals surface area contributed by atoms with E-state index in [-0.39, 0.29) is 0 Å². The maximum absolute atomic E-state index is 5.56. The SMILES string of the molecule is COc1ccc(CN2CCC3(CCOCC3)CC2)cc1Cn1cccn1. The Bertz CT molecular complexity index is 698. The predicted octanol–water partition coefficient (Wildman–Crippen LogP) is 3.33. The molecule has 1 spiro atoms. The minimum atomic E-state index is 0.555. The fraction of sp³-hybridized carbons (Fsp3) is 0.571. The molecule has 0 aliphatic carbocycles. The van der Waals surface area contributed by atoms with Gasteiger partial charge in [0.15, 0.2) is 0 Å². The lowest BCUT2D eigenvalue weighted by Gasteiger charge is -2.44. The van der Waals surface area contributed by atoms with E-state index in [1.54, 1.807) is 7.11 Å². The summed E-state index contributed by atoms with van der Waals surface area (Å²) in [4.78, 5) is 2.60. The summed E-state index contributed by atoms with van der Waals surface area (Å²) in [7, 11) is 1.74. The Balaban J connectivity index is 1.40. The summed E-state index contributed by atoms with van der Waals surface area (Å²) in [5.74, 6) is 0.934. The van der Waals surface area contributed by atoms with Crippen molar-refractivity contribution in [3.63, 3.8) is 0 Å². The lowest BCUT2D eigenvalue weighted by atomic mass is 9.72. The number of piperidine rings is 1. The number of ether oxygens (including phenoxy) is 2. The van der Waals surface area contributed by atoms with Crippen molar-refractivity contribution in [2.24, 2.45) is 5.41 Å². The van der Waals surface area contributed by atoms with E-state index in [0.717, 1.165) is 32.1 Å². The van der Waals surface area contributed by atoms with Crippen LogP contribution in [0.1, 0.15) is 36.8 Å². The number of methoxy groups -OCH3 is 1. The first-order valence-corrected chi connectivity index (χ1v) is 9.70. The Morgan fingerprint density at radius 2 is 1.92 bits per heavy atom. The summed E-state index contributed by atoms with van der Waals surface area (Å²) in [6.07, 6.45) is 8.92. The number of benzene rings is 1. The van der Waals surface area contributed by atoms with Crippen LogP contribution in [0.3, 0.4) is 0 Å². The van der Waals surface area contributed by atoms with Crippen molar-refractivity contribution in [2.75, 3.05) is 33.4 Å². The predicted molar refractivity (Wildman–Crippen MR) is 101 cm³/mol. The molecule has 3 heterocycles. The Kier molecular flexibility index (Phi) is 5.27. The Hall–Kier alpha value is -1.85. The maximum Gasteiger partial charge on any atom is 0.123 e. The van der Waals surface area contributed by atoms with Gasteiger partial charge in [-0.2, -0.15) is 5.10 Å². The molecule has 5 nitrogen and oxygen atoms in total. The van der Waals surface area contributed by atoms with E-state index < -0.39 is 0 Å². The molecule has 26 heavy (non-hydrogen) atoms. The van der Waals surface area contributed by atoms with Crippen LogP contribution < -0.4 is 4.74 Å². The second kappa shape index (κ2) is 7.80. The van der Waals surface area contributed by atoms with Gasteiger partial charge < -0.3 is 9.47 Å². The second-order valence-electron chi connectivity index (χ2n) is 7.74. The number of hydrogen-bond acceptors (Lipinski definition) is 4. The van der Waals surface area contributed by atoms with Crippen molar-refractivity contribution in [3.05, 3.63) is 47.8 Å². The molecule has 0 saturated carbocycles. The average molecular weight is 355 g/mol. The molecular weight excluding hydrogens is 326 g/mol. The average Bonchev–Trinajstić information content (AvgIpc) is 3.18. The Morgan fingerprint density at radius 3 is 2.62 bits per heavy atom. The lowest BCUT2D eigenvalue weighted by Crippen LogP contribution is -2.42. The first-order valence-electron chi connectivity index (χ1n) is 9.70. The minimum Gasteiger partial charge on any atom is -0.496 e. The van der Waals surface area contributed by atoms with Gasteiger partial charge in [-0.3, -0.25) is 9.58 Å². The number of likely N-dealkylation sites (tertiary alicyclic amines) is 1. The van der Waals surface area contributed by atoms with Crippen molar-refractivity contribution in [2.45, 2.75) is 38.8 Å². The van der Waals surface area contributed by atoms with Gasteiger partial charge in [-0.1, -0.05) is 6.07 Å². The number of rotatable bonds is 5. The molecule has 0 bridgehead atoms. The highest BCUT2D eigenvalue weighted by Crippen LogP contribution is 2.40. The van der Waals surface area contributed by atoms with E-state index in [4.69, 9.17) is 9.47 Å². The highest BCUT2D eigenvalue weighted by molar-refractivity contribution is 5.37. The topological polar surface area (TPSA) is 39.5 Å². The molecule has 2 fully saturated rings. The molecule has 0 atom stereocenters. The Morgan fingerprint density at radius 1 is 1.12 bits per heavy atom. The van der Waals surface area contributed by atoms with Crippen molar-refractivity contribution in [1.82, 2.24) is 14.7 Å². The molecule has 2 aliphatic rings. The third kappa shape index (κ3) is 3.94. The van der Waals surface area contributed by atoms with Crippen LogP contribution in [0.4, 0.5) is 0 Å². The minimum absolute atomic E-state index is 0.555. The molecular formula is C21H29N3O2. The van der Waals surface area contributed by atoms with Gasteiger partial charge in [0.2, 0.25) is 0 Å². The van der Waals surface area contributed by atoms with Crippen LogP contribution in [-0.2, 0) is 17.8 Å². The number of aromatic nitrogens is 2. The van der Waals surface area contributed by atoms with E-state index >= 15 is 0 Å². The quantitative estimate of drug-likeness (QED) is 0.825. The van der Waals surface area contributed by atoms with Crippen LogP contribution >= 0.6 is 0 Å². The summed E-state index contributed by atoms with van der Waals surface area (Å²) in [5, 5.41) is 4.32. The molecule has 140 valence electrons. The molecule has 0 amide bonds. The third-order valence-corrected chi connectivity index (χ3v) is 6.11. The van der Waals surface area contributed by atoms with E-state index in [0.29, 0.717) is 5.41 Å². The van der Waals surface area contributed by atoms with Gasteiger partial charge in [0.25, 0.3) is 0 Å². The Labute approximate surface area is 155 Å². The molecule has 2 aromatic rings. The summed E-state index contributed by atoms with van der Waals surface area (Å²) < 4.78 is 13.1. The van der Waals surface area contributed by atoms with Crippen LogP contribution in [0.15, 0.2) is 36.7 Å². The van der Waals surface area contributed by atoms with Crippen LogP contribution in [0.2, 0.25) is 0 Å². The van der Waals surface area contributed by atoms with Gasteiger partial charge in [0.1, 0.15) is 5.75 Å². The summed E-state index contributed by atoms with van der Waals surface area (Å²) in [6.45, 7) is 6.06. The molecule has 2 aliphatic heterocycles. The van der Waals surface area contributed by atoms with E-state index in [1.165, 1.54) is 49.9 Å². The fourth-order valence-electron chi connectivity index (χ4n) is 4.37. The molecule has 0 unspecified atom stereocenters. The van der Waals surface area contributed by atoms with E-state index in [9.17, 15) is 0 Å². The first kappa shape index (κ1) is 17.6. The van der Waals surface area contributed by atoms with Gasteiger partial charge in [0, 0.05) is 37.7 Å². The maximum atomic E-state index is 5.56.